The summed E-state index contributed by atoms with van der Waals surface area (Å²) in [6, 6.07) is 3.56. The first-order chi connectivity index (χ1) is 15.6. The highest BCUT2D eigenvalue weighted by atomic mass is 19.1. The van der Waals surface area contributed by atoms with Crippen LogP contribution in [0.1, 0.15) is 26.7 Å². The first-order valence-corrected chi connectivity index (χ1v) is 11.1. The van der Waals surface area contributed by atoms with E-state index in [-0.39, 0.29) is 42.1 Å². The lowest BCUT2D eigenvalue weighted by atomic mass is 9.96. The molecule has 3 fully saturated rings. The maximum absolute atomic E-state index is 13.3. The summed E-state index contributed by atoms with van der Waals surface area (Å²) in [6.45, 7) is 4.74. The second-order valence-corrected chi connectivity index (χ2v) is 9.66. The molecule has 4 N–H and O–H groups in total. The van der Waals surface area contributed by atoms with Gasteiger partial charge in [0.1, 0.15) is 23.7 Å². The summed E-state index contributed by atoms with van der Waals surface area (Å²) >= 11 is 0. The van der Waals surface area contributed by atoms with E-state index in [1.54, 1.807) is 0 Å². The van der Waals surface area contributed by atoms with Gasteiger partial charge in [0.25, 0.3) is 5.91 Å². The Morgan fingerprint density at radius 3 is 2.61 bits per heavy atom. The highest BCUT2D eigenvalue weighted by Gasteiger charge is 2.69. The van der Waals surface area contributed by atoms with Crippen LogP contribution in [0.4, 0.5) is 4.39 Å². The molecule has 2 heterocycles. The van der Waals surface area contributed by atoms with Gasteiger partial charge in [-0.1, -0.05) is 13.8 Å². The minimum absolute atomic E-state index is 0.0458. The van der Waals surface area contributed by atoms with Gasteiger partial charge in [-0.25, -0.2) is 4.39 Å². The molecule has 33 heavy (non-hydrogen) atoms. The topological polar surface area (TPSA) is 131 Å². The van der Waals surface area contributed by atoms with E-state index in [0.717, 1.165) is 0 Å². The molecule has 0 unspecified atom stereocenters. The molecule has 4 amide bonds. The largest absolute Gasteiger partial charge is 0.484 e. The van der Waals surface area contributed by atoms with Crippen molar-refractivity contribution in [2.24, 2.45) is 28.9 Å². The zero-order valence-electron chi connectivity index (χ0n) is 18.7. The number of rotatable bonds is 8. The van der Waals surface area contributed by atoms with Crippen LogP contribution in [0.15, 0.2) is 24.3 Å². The van der Waals surface area contributed by atoms with Crippen molar-refractivity contribution in [2.75, 3.05) is 19.7 Å². The van der Waals surface area contributed by atoms with Gasteiger partial charge in [0, 0.05) is 19.0 Å². The second-order valence-electron chi connectivity index (χ2n) is 9.66. The number of fused-ring (bicyclic) bond motifs is 1. The zero-order chi connectivity index (χ0) is 23.9. The van der Waals surface area contributed by atoms with E-state index < -0.39 is 35.6 Å². The molecule has 0 radical (unpaired) electrons. The van der Waals surface area contributed by atoms with Gasteiger partial charge >= 0.3 is 0 Å². The van der Waals surface area contributed by atoms with E-state index in [4.69, 9.17) is 10.5 Å². The van der Waals surface area contributed by atoms with Crippen molar-refractivity contribution in [1.82, 2.24) is 15.5 Å². The molecular formula is C23H29FN4O5. The van der Waals surface area contributed by atoms with Gasteiger partial charge in [0.15, 0.2) is 6.61 Å². The summed E-state index contributed by atoms with van der Waals surface area (Å²) in [7, 11) is 0. The predicted octanol–water partition coefficient (Wildman–Crippen LogP) is 0.184. The van der Waals surface area contributed by atoms with Crippen molar-refractivity contribution < 1.29 is 28.3 Å². The molecular weight excluding hydrogens is 431 g/mol. The third-order valence-electron chi connectivity index (χ3n) is 7.32. The highest BCUT2D eigenvalue weighted by Crippen LogP contribution is 2.64. The molecule has 2 aliphatic heterocycles. The summed E-state index contributed by atoms with van der Waals surface area (Å²) < 4.78 is 18.5. The number of likely N-dealkylation sites (tertiary alicyclic amines) is 1. The number of benzene rings is 1. The molecule has 2 saturated heterocycles. The van der Waals surface area contributed by atoms with E-state index in [9.17, 15) is 23.6 Å². The van der Waals surface area contributed by atoms with E-state index in [0.29, 0.717) is 25.3 Å². The van der Waals surface area contributed by atoms with Crippen LogP contribution in [-0.2, 0) is 19.2 Å². The van der Waals surface area contributed by atoms with E-state index in [2.05, 4.69) is 10.6 Å². The van der Waals surface area contributed by atoms with Gasteiger partial charge in [0.05, 0.1) is 0 Å². The number of nitrogens with one attached hydrogen (secondary N) is 2. The summed E-state index contributed by atoms with van der Waals surface area (Å²) in [5, 5.41) is 5.40. The van der Waals surface area contributed by atoms with Gasteiger partial charge in [0.2, 0.25) is 17.7 Å². The minimum Gasteiger partial charge on any atom is -0.484 e. The number of nitrogens with zero attached hydrogens (tertiary/aromatic N) is 1. The molecule has 3 aliphatic rings. The Morgan fingerprint density at radius 1 is 1.30 bits per heavy atom. The zero-order valence-corrected chi connectivity index (χ0v) is 18.7. The fraction of sp³-hybridized carbons (Fsp3) is 0.565. The fourth-order valence-electron chi connectivity index (χ4n) is 5.26. The number of hydrogen-bond donors (Lipinski definition) is 3. The van der Waals surface area contributed by atoms with Crippen LogP contribution in [0.2, 0.25) is 0 Å². The fourth-order valence-corrected chi connectivity index (χ4v) is 5.26. The van der Waals surface area contributed by atoms with Crippen LogP contribution in [0.5, 0.6) is 5.75 Å². The van der Waals surface area contributed by atoms with Crippen molar-refractivity contribution in [3.8, 4) is 5.75 Å². The average molecular weight is 461 g/mol. The van der Waals surface area contributed by atoms with Crippen LogP contribution < -0.4 is 21.1 Å². The number of piperidine rings is 1. The smallest absolute Gasteiger partial charge is 0.261 e. The van der Waals surface area contributed by atoms with E-state index in [1.807, 2.05) is 13.8 Å². The SMILES string of the molecule is CC1(C)[C@@H]2[C@@H](C(=O)N[C@@H](C[C@@H]3CCNC3=O)C(N)=O)N(C(=O)COc3ccc(F)cc3)C[C@@H]21. The molecule has 178 valence electrons. The quantitative estimate of drug-likeness (QED) is 0.510. The molecule has 4 rings (SSSR count). The summed E-state index contributed by atoms with van der Waals surface area (Å²) in [6.07, 6.45) is 0.698. The van der Waals surface area contributed by atoms with Gasteiger partial charge in [-0.3, -0.25) is 19.2 Å². The standard InChI is InChI=1S/C23H29FN4O5/c1-23(2)15-10-28(17(29)11-33-14-5-3-13(24)4-6-14)19(18(15)23)22(32)27-16(20(25)30)9-12-7-8-26-21(12)31/h3-6,12,15-16,18-19H,7-11H2,1-2H3,(H2,25,30)(H,26,31)(H,27,32)/t12-,15-,16-,18-,19-/m0/s1. The molecule has 1 aromatic carbocycles. The normalized spacial score (nSPS) is 28.0. The minimum atomic E-state index is -1.00. The van der Waals surface area contributed by atoms with Crippen molar-refractivity contribution in [3.05, 3.63) is 30.1 Å². The highest BCUT2D eigenvalue weighted by molar-refractivity contribution is 5.93. The molecule has 1 aromatic rings. The summed E-state index contributed by atoms with van der Waals surface area (Å²) in [5.74, 6) is -2.03. The molecule has 9 nitrogen and oxygen atoms in total. The third kappa shape index (κ3) is 4.51. The van der Waals surface area contributed by atoms with Crippen molar-refractivity contribution in [2.45, 2.75) is 38.8 Å². The summed E-state index contributed by atoms with van der Waals surface area (Å²) in [4.78, 5) is 51.6. The first kappa shape index (κ1) is 23.0. The number of carbonyl (C=O) groups is 4. The maximum atomic E-state index is 13.3. The van der Waals surface area contributed by atoms with Crippen molar-refractivity contribution in [1.29, 1.82) is 0 Å². The van der Waals surface area contributed by atoms with Crippen LogP contribution in [0.3, 0.4) is 0 Å². The molecule has 10 heteroatoms. The molecule has 1 aliphatic carbocycles. The second kappa shape index (κ2) is 8.64. The first-order valence-electron chi connectivity index (χ1n) is 11.1. The van der Waals surface area contributed by atoms with E-state index in [1.165, 1.54) is 29.2 Å². The number of halogens is 1. The Balaban J connectivity index is 1.43. The van der Waals surface area contributed by atoms with Crippen LogP contribution in [0, 0.1) is 29.0 Å². The molecule has 0 bridgehead atoms. The van der Waals surface area contributed by atoms with Gasteiger partial charge in [-0.05, 0) is 54.4 Å². The van der Waals surface area contributed by atoms with Gasteiger partial charge < -0.3 is 26.0 Å². The number of primary amides is 1. The Kier molecular flexibility index (Phi) is 6.02. The van der Waals surface area contributed by atoms with Crippen molar-refractivity contribution in [3.63, 3.8) is 0 Å². The van der Waals surface area contributed by atoms with Crippen LogP contribution in [-0.4, -0.2) is 60.3 Å². The van der Waals surface area contributed by atoms with Gasteiger partial charge in [-0.2, -0.15) is 0 Å². The lowest BCUT2D eigenvalue weighted by molar-refractivity contribution is -0.142. The lowest BCUT2D eigenvalue weighted by Crippen LogP contribution is -2.55. The maximum Gasteiger partial charge on any atom is 0.261 e. The summed E-state index contributed by atoms with van der Waals surface area (Å²) in [5.41, 5.74) is 5.40. The Labute approximate surface area is 191 Å². The number of amides is 4. The van der Waals surface area contributed by atoms with Gasteiger partial charge in [-0.15, -0.1) is 0 Å². The lowest BCUT2D eigenvalue weighted by Gasteiger charge is -2.31. The molecule has 0 aromatic heterocycles. The molecule has 1 saturated carbocycles. The number of carbonyl (C=O) groups excluding carboxylic acids is 4. The Bertz CT molecular complexity index is 966. The molecule has 0 spiro atoms. The third-order valence-corrected chi connectivity index (χ3v) is 7.32. The number of hydrogen-bond acceptors (Lipinski definition) is 5. The monoisotopic (exact) mass is 460 g/mol. The van der Waals surface area contributed by atoms with E-state index >= 15 is 0 Å². The molecule has 5 atom stereocenters. The number of ether oxygens (including phenoxy) is 1. The Hall–Kier alpha value is -3.17. The van der Waals surface area contributed by atoms with Crippen molar-refractivity contribution >= 4 is 23.6 Å². The average Bonchev–Trinajstić information content (AvgIpc) is 3.12. The number of nitrogens with two attached hydrogens (primary N) is 1. The van der Waals surface area contributed by atoms with Crippen LogP contribution in [0.25, 0.3) is 0 Å². The predicted molar refractivity (Wildman–Crippen MR) is 115 cm³/mol. The van der Waals surface area contributed by atoms with Crippen LogP contribution >= 0.6 is 0 Å². The Morgan fingerprint density at radius 2 is 2.00 bits per heavy atom.